The van der Waals surface area contributed by atoms with Gasteiger partial charge in [-0.25, -0.2) is 4.39 Å². The lowest BCUT2D eigenvalue weighted by Crippen LogP contribution is -2.39. The van der Waals surface area contributed by atoms with Crippen LogP contribution < -0.4 is 0 Å². The molecule has 0 aliphatic carbocycles. The lowest BCUT2D eigenvalue weighted by atomic mass is 9.77. The maximum Gasteiger partial charge on any atom is 0.312 e. The molecule has 2 saturated heterocycles. The van der Waals surface area contributed by atoms with Crippen LogP contribution in [0, 0.1) is 17.7 Å². The first-order valence-electron chi connectivity index (χ1n) is 7.52. The largest absolute Gasteiger partial charge is 0.469 e. The van der Waals surface area contributed by atoms with Gasteiger partial charge in [0.05, 0.1) is 25.7 Å². The monoisotopic (exact) mass is 317 g/mol. The molecule has 1 aromatic rings. The Kier molecular flexibility index (Phi) is 3.06. The Morgan fingerprint density at radius 1 is 1.43 bits per heavy atom. The number of amides is 1. The smallest absolute Gasteiger partial charge is 0.312 e. The van der Waals surface area contributed by atoms with E-state index in [1.54, 1.807) is 17.0 Å². The van der Waals surface area contributed by atoms with Crippen molar-refractivity contribution in [3.05, 3.63) is 47.8 Å². The summed E-state index contributed by atoms with van der Waals surface area (Å²) < 4.78 is 23.8. The minimum atomic E-state index is -0.735. The van der Waals surface area contributed by atoms with E-state index in [0.29, 0.717) is 13.1 Å². The SMILES string of the molecule is COC(=O)[C@H]1[C@@H]2C=C[C@]3(CN(Cc4ccc(F)cc4)C(=O)[C@H]13)O2. The van der Waals surface area contributed by atoms with Gasteiger partial charge in [0.15, 0.2) is 0 Å². The molecule has 0 unspecified atom stereocenters. The quantitative estimate of drug-likeness (QED) is 0.622. The highest BCUT2D eigenvalue weighted by molar-refractivity contribution is 5.91. The van der Waals surface area contributed by atoms with Gasteiger partial charge in [0.2, 0.25) is 5.91 Å². The van der Waals surface area contributed by atoms with Crippen molar-refractivity contribution in [2.75, 3.05) is 13.7 Å². The van der Waals surface area contributed by atoms with E-state index < -0.39 is 23.4 Å². The predicted octanol–water partition coefficient (Wildman–Crippen LogP) is 1.28. The second-order valence-corrected chi connectivity index (χ2v) is 6.24. The second-order valence-electron chi connectivity index (χ2n) is 6.24. The van der Waals surface area contributed by atoms with Gasteiger partial charge < -0.3 is 14.4 Å². The number of benzene rings is 1. The van der Waals surface area contributed by atoms with E-state index in [2.05, 4.69) is 0 Å². The molecule has 4 rings (SSSR count). The van der Waals surface area contributed by atoms with E-state index in [1.807, 2.05) is 12.2 Å². The van der Waals surface area contributed by atoms with Gasteiger partial charge in [0, 0.05) is 6.54 Å². The molecule has 2 bridgehead atoms. The summed E-state index contributed by atoms with van der Waals surface area (Å²) >= 11 is 0. The van der Waals surface area contributed by atoms with E-state index in [-0.39, 0.29) is 17.8 Å². The van der Waals surface area contributed by atoms with Crippen LogP contribution in [-0.4, -0.2) is 42.1 Å². The van der Waals surface area contributed by atoms with E-state index in [0.717, 1.165) is 5.56 Å². The molecule has 3 aliphatic rings. The Labute approximate surface area is 132 Å². The number of fused-ring (bicyclic) bond motifs is 1. The van der Waals surface area contributed by atoms with E-state index in [4.69, 9.17) is 9.47 Å². The molecular weight excluding hydrogens is 301 g/mol. The van der Waals surface area contributed by atoms with Crippen molar-refractivity contribution < 1.29 is 23.5 Å². The third-order valence-corrected chi connectivity index (χ3v) is 4.94. The van der Waals surface area contributed by atoms with Gasteiger partial charge in [-0.1, -0.05) is 24.3 Å². The predicted molar refractivity (Wildman–Crippen MR) is 77.6 cm³/mol. The maximum absolute atomic E-state index is 13.0. The summed E-state index contributed by atoms with van der Waals surface area (Å²) in [5, 5.41) is 0. The Bertz CT molecular complexity index is 701. The first kappa shape index (κ1) is 14.4. The lowest BCUT2D eigenvalue weighted by molar-refractivity contribution is -0.151. The molecule has 1 amide bonds. The fourth-order valence-electron chi connectivity index (χ4n) is 3.93. The number of nitrogens with zero attached hydrogens (tertiary/aromatic N) is 1. The molecule has 23 heavy (non-hydrogen) atoms. The summed E-state index contributed by atoms with van der Waals surface area (Å²) in [6.45, 7) is 0.765. The molecule has 0 aromatic heterocycles. The summed E-state index contributed by atoms with van der Waals surface area (Å²) in [6, 6.07) is 6.04. The number of hydrogen-bond donors (Lipinski definition) is 0. The van der Waals surface area contributed by atoms with Gasteiger partial charge in [-0.2, -0.15) is 0 Å². The number of methoxy groups -OCH3 is 1. The molecule has 3 heterocycles. The van der Waals surface area contributed by atoms with Crippen LogP contribution in [0.5, 0.6) is 0 Å². The van der Waals surface area contributed by atoms with Crippen molar-refractivity contribution >= 4 is 11.9 Å². The molecule has 0 radical (unpaired) electrons. The zero-order valence-electron chi connectivity index (χ0n) is 12.6. The molecule has 5 nitrogen and oxygen atoms in total. The number of esters is 1. The molecule has 2 fully saturated rings. The molecule has 1 aromatic carbocycles. The van der Waals surface area contributed by atoms with Gasteiger partial charge in [0.1, 0.15) is 17.3 Å². The Hall–Kier alpha value is -2.21. The molecule has 4 atom stereocenters. The molecular formula is C17H16FNO4. The highest BCUT2D eigenvalue weighted by atomic mass is 19.1. The number of likely N-dealkylation sites (tertiary alicyclic amines) is 1. The number of carbonyl (C=O) groups excluding carboxylic acids is 2. The molecule has 6 heteroatoms. The zero-order chi connectivity index (χ0) is 16.2. The number of halogens is 1. The van der Waals surface area contributed by atoms with Crippen molar-refractivity contribution in [2.24, 2.45) is 11.8 Å². The van der Waals surface area contributed by atoms with Crippen molar-refractivity contribution in [1.29, 1.82) is 0 Å². The summed E-state index contributed by atoms with van der Waals surface area (Å²) in [7, 11) is 1.32. The zero-order valence-corrected chi connectivity index (χ0v) is 12.6. The highest BCUT2D eigenvalue weighted by Gasteiger charge is 2.67. The Morgan fingerprint density at radius 3 is 2.87 bits per heavy atom. The molecule has 0 saturated carbocycles. The third-order valence-electron chi connectivity index (χ3n) is 4.94. The third kappa shape index (κ3) is 2.01. The van der Waals surface area contributed by atoms with Crippen LogP contribution in [0.2, 0.25) is 0 Å². The van der Waals surface area contributed by atoms with Crippen LogP contribution >= 0.6 is 0 Å². The number of carbonyl (C=O) groups is 2. The van der Waals surface area contributed by atoms with Crippen LogP contribution in [0.25, 0.3) is 0 Å². The number of rotatable bonds is 3. The van der Waals surface area contributed by atoms with Crippen LogP contribution in [0.15, 0.2) is 36.4 Å². The number of ether oxygens (including phenoxy) is 2. The van der Waals surface area contributed by atoms with Crippen LogP contribution in [-0.2, 0) is 25.6 Å². The van der Waals surface area contributed by atoms with Crippen molar-refractivity contribution in [1.82, 2.24) is 4.90 Å². The average Bonchev–Trinajstić information content (AvgIpc) is 3.18. The van der Waals surface area contributed by atoms with Gasteiger partial charge in [-0.05, 0) is 17.7 Å². The first-order valence-corrected chi connectivity index (χ1v) is 7.52. The molecule has 3 aliphatic heterocycles. The second kappa shape index (κ2) is 4.89. The van der Waals surface area contributed by atoms with Crippen LogP contribution in [0.4, 0.5) is 4.39 Å². The van der Waals surface area contributed by atoms with E-state index >= 15 is 0 Å². The van der Waals surface area contributed by atoms with Crippen molar-refractivity contribution in [3.63, 3.8) is 0 Å². The minimum absolute atomic E-state index is 0.114. The van der Waals surface area contributed by atoms with Gasteiger partial charge in [-0.3, -0.25) is 9.59 Å². The molecule has 1 spiro atoms. The summed E-state index contributed by atoms with van der Waals surface area (Å²) in [5.41, 5.74) is 0.102. The lowest BCUT2D eigenvalue weighted by Gasteiger charge is -2.22. The van der Waals surface area contributed by atoms with E-state index in [9.17, 15) is 14.0 Å². The topological polar surface area (TPSA) is 55.8 Å². The Balaban J connectivity index is 1.60. The maximum atomic E-state index is 13.0. The van der Waals surface area contributed by atoms with Gasteiger partial charge in [-0.15, -0.1) is 0 Å². The summed E-state index contributed by atoms with van der Waals surface area (Å²) in [6.07, 6.45) is 3.35. The standard InChI is InChI=1S/C17H16FNO4/c1-22-16(21)13-12-6-7-17(23-12)9-19(15(20)14(13)17)8-10-2-4-11(18)5-3-10/h2-7,12-14H,8-9H2,1H3/t12-,13-,14-,17+/m0/s1. The fourth-order valence-corrected chi connectivity index (χ4v) is 3.93. The van der Waals surface area contributed by atoms with Gasteiger partial charge in [0.25, 0.3) is 0 Å². The normalized spacial score (nSPS) is 34.1. The average molecular weight is 317 g/mol. The van der Waals surface area contributed by atoms with E-state index in [1.165, 1.54) is 19.2 Å². The molecule has 0 N–H and O–H groups in total. The molecule has 120 valence electrons. The number of hydrogen-bond acceptors (Lipinski definition) is 4. The summed E-state index contributed by atoms with van der Waals surface area (Å²) in [4.78, 5) is 26.5. The minimum Gasteiger partial charge on any atom is -0.469 e. The first-order chi connectivity index (χ1) is 11.0. The van der Waals surface area contributed by atoms with Crippen molar-refractivity contribution in [2.45, 2.75) is 18.2 Å². The Morgan fingerprint density at radius 2 is 2.17 bits per heavy atom. The van der Waals surface area contributed by atoms with Gasteiger partial charge >= 0.3 is 5.97 Å². The fraction of sp³-hybridized carbons (Fsp3) is 0.412. The summed E-state index contributed by atoms with van der Waals surface area (Å²) in [5.74, 6) is -1.96. The van der Waals surface area contributed by atoms with Crippen LogP contribution in [0.1, 0.15) is 5.56 Å². The van der Waals surface area contributed by atoms with Crippen molar-refractivity contribution in [3.8, 4) is 0 Å². The van der Waals surface area contributed by atoms with Crippen LogP contribution in [0.3, 0.4) is 0 Å². The highest BCUT2D eigenvalue weighted by Crippen LogP contribution is 2.52.